The predicted molar refractivity (Wildman–Crippen MR) is 60.3 cm³/mol. The van der Waals surface area contributed by atoms with Gasteiger partial charge in [0.2, 0.25) is 0 Å². The van der Waals surface area contributed by atoms with Gasteiger partial charge in [-0.05, 0) is 39.0 Å². The minimum Gasteiger partial charge on any atom is -0.390 e. The summed E-state index contributed by atoms with van der Waals surface area (Å²) in [5.41, 5.74) is -0.519. The van der Waals surface area contributed by atoms with Gasteiger partial charge in [-0.15, -0.1) is 0 Å². The Morgan fingerprint density at radius 2 is 1.86 bits per heavy atom. The van der Waals surface area contributed by atoms with E-state index in [0.717, 1.165) is 24.8 Å². The van der Waals surface area contributed by atoms with Crippen molar-refractivity contribution < 1.29 is 5.11 Å². The summed E-state index contributed by atoms with van der Waals surface area (Å²) in [5, 5.41) is 9.67. The third kappa shape index (κ3) is 2.96. The van der Waals surface area contributed by atoms with Crippen LogP contribution in [0.5, 0.6) is 0 Å². The molecule has 1 saturated heterocycles. The second-order valence-electron chi connectivity index (χ2n) is 5.63. The van der Waals surface area contributed by atoms with E-state index in [2.05, 4.69) is 25.7 Å². The van der Waals surface area contributed by atoms with Crippen LogP contribution >= 0.6 is 0 Å². The third-order valence-electron chi connectivity index (χ3n) is 3.77. The van der Waals surface area contributed by atoms with Crippen LogP contribution in [0.2, 0.25) is 0 Å². The molecule has 1 rings (SSSR count). The minimum atomic E-state index is -0.519. The largest absolute Gasteiger partial charge is 0.390 e. The summed E-state index contributed by atoms with van der Waals surface area (Å²) in [5.74, 6) is 1.59. The maximum atomic E-state index is 9.67. The molecule has 0 aromatic rings. The van der Waals surface area contributed by atoms with Gasteiger partial charge in [-0.1, -0.05) is 13.8 Å². The summed E-state index contributed by atoms with van der Waals surface area (Å²) in [6.07, 6.45) is 0.872. The number of likely N-dealkylation sites (tertiary alicyclic amines) is 1. The third-order valence-corrected chi connectivity index (χ3v) is 3.77. The van der Waals surface area contributed by atoms with Crippen LogP contribution in [0.1, 0.15) is 41.0 Å². The van der Waals surface area contributed by atoms with E-state index in [1.807, 2.05) is 13.8 Å². The summed E-state index contributed by atoms with van der Waals surface area (Å²) in [7, 11) is 0. The van der Waals surface area contributed by atoms with E-state index in [4.69, 9.17) is 0 Å². The summed E-state index contributed by atoms with van der Waals surface area (Å²) in [6.45, 7) is 13.0. The highest BCUT2D eigenvalue weighted by atomic mass is 16.3. The van der Waals surface area contributed by atoms with Gasteiger partial charge < -0.3 is 10.0 Å². The van der Waals surface area contributed by atoms with E-state index < -0.39 is 5.60 Å². The molecule has 0 aromatic heterocycles. The first-order valence-corrected chi connectivity index (χ1v) is 5.77. The molecule has 2 heteroatoms. The SMILES string of the molecule is CC1CN(CCC(C)(C)O)C(C)C1C. The molecule has 2 nitrogen and oxygen atoms in total. The lowest BCUT2D eigenvalue weighted by atomic mass is 9.95. The Labute approximate surface area is 88.3 Å². The summed E-state index contributed by atoms with van der Waals surface area (Å²) < 4.78 is 0. The van der Waals surface area contributed by atoms with Crippen molar-refractivity contribution in [3.05, 3.63) is 0 Å². The second kappa shape index (κ2) is 4.19. The van der Waals surface area contributed by atoms with Crippen LogP contribution in [0.15, 0.2) is 0 Å². The average Bonchev–Trinajstić information content (AvgIpc) is 2.28. The topological polar surface area (TPSA) is 23.5 Å². The fourth-order valence-electron chi connectivity index (χ4n) is 2.22. The minimum absolute atomic E-state index is 0.519. The summed E-state index contributed by atoms with van der Waals surface area (Å²) in [4.78, 5) is 2.51. The molecule has 1 aliphatic heterocycles. The molecule has 0 bridgehead atoms. The maximum Gasteiger partial charge on any atom is 0.0603 e. The number of aliphatic hydroxyl groups is 1. The van der Waals surface area contributed by atoms with Crippen molar-refractivity contribution in [3.8, 4) is 0 Å². The van der Waals surface area contributed by atoms with Crippen molar-refractivity contribution in [2.45, 2.75) is 52.7 Å². The van der Waals surface area contributed by atoms with Crippen LogP contribution in [0.4, 0.5) is 0 Å². The highest BCUT2D eigenvalue weighted by molar-refractivity contribution is 4.86. The first-order valence-electron chi connectivity index (χ1n) is 5.77. The van der Waals surface area contributed by atoms with Crippen molar-refractivity contribution in [2.24, 2.45) is 11.8 Å². The van der Waals surface area contributed by atoms with Crippen molar-refractivity contribution >= 4 is 0 Å². The Kier molecular flexibility index (Phi) is 3.59. The van der Waals surface area contributed by atoms with Crippen LogP contribution in [0.3, 0.4) is 0 Å². The van der Waals surface area contributed by atoms with Crippen LogP contribution < -0.4 is 0 Å². The molecule has 1 aliphatic rings. The van der Waals surface area contributed by atoms with Crippen LogP contribution in [-0.4, -0.2) is 34.7 Å². The number of nitrogens with zero attached hydrogens (tertiary/aromatic N) is 1. The van der Waals surface area contributed by atoms with E-state index in [-0.39, 0.29) is 0 Å². The average molecular weight is 199 g/mol. The summed E-state index contributed by atoms with van der Waals surface area (Å²) >= 11 is 0. The van der Waals surface area contributed by atoms with Gasteiger partial charge in [-0.2, -0.15) is 0 Å². The molecule has 1 fully saturated rings. The highest BCUT2D eigenvalue weighted by Gasteiger charge is 2.33. The lowest BCUT2D eigenvalue weighted by Crippen LogP contribution is -2.34. The lowest BCUT2D eigenvalue weighted by molar-refractivity contribution is 0.0557. The normalized spacial score (nSPS) is 35.1. The molecule has 0 radical (unpaired) electrons. The van der Waals surface area contributed by atoms with Crippen LogP contribution in [0.25, 0.3) is 0 Å². The number of hydrogen-bond acceptors (Lipinski definition) is 2. The number of hydrogen-bond donors (Lipinski definition) is 1. The zero-order valence-electron chi connectivity index (χ0n) is 10.2. The van der Waals surface area contributed by atoms with E-state index in [1.165, 1.54) is 6.54 Å². The van der Waals surface area contributed by atoms with E-state index in [9.17, 15) is 5.11 Å². The van der Waals surface area contributed by atoms with Gasteiger partial charge in [0, 0.05) is 19.1 Å². The fourth-order valence-corrected chi connectivity index (χ4v) is 2.22. The molecule has 3 unspecified atom stereocenters. The first kappa shape index (κ1) is 12.0. The summed E-state index contributed by atoms with van der Waals surface area (Å²) in [6, 6.07) is 0.673. The fraction of sp³-hybridized carbons (Fsp3) is 1.00. The van der Waals surface area contributed by atoms with Crippen molar-refractivity contribution in [3.63, 3.8) is 0 Å². The Bertz CT molecular complexity index is 185. The van der Waals surface area contributed by atoms with Crippen LogP contribution in [0, 0.1) is 11.8 Å². The van der Waals surface area contributed by atoms with Gasteiger partial charge in [-0.3, -0.25) is 0 Å². The van der Waals surface area contributed by atoms with Gasteiger partial charge in [-0.25, -0.2) is 0 Å². The molecule has 0 amide bonds. The molecule has 1 heterocycles. The van der Waals surface area contributed by atoms with Gasteiger partial charge in [0.25, 0.3) is 0 Å². The Hall–Kier alpha value is -0.0800. The second-order valence-corrected chi connectivity index (χ2v) is 5.63. The standard InChI is InChI=1S/C12H25NO/c1-9-8-13(11(3)10(9)2)7-6-12(4,5)14/h9-11,14H,6-8H2,1-5H3. The van der Waals surface area contributed by atoms with Crippen molar-refractivity contribution in [1.82, 2.24) is 4.90 Å². The van der Waals surface area contributed by atoms with Gasteiger partial charge in [0.05, 0.1) is 5.60 Å². The Balaban J connectivity index is 2.40. The quantitative estimate of drug-likeness (QED) is 0.752. The highest BCUT2D eigenvalue weighted by Crippen LogP contribution is 2.29. The number of rotatable bonds is 3. The van der Waals surface area contributed by atoms with E-state index >= 15 is 0 Å². The van der Waals surface area contributed by atoms with Crippen molar-refractivity contribution in [2.75, 3.05) is 13.1 Å². The molecule has 1 N–H and O–H groups in total. The molecule has 0 aliphatic carbocycles. The van der Waals surface area contributed by atoms with E-state index in [0.29, 0.717) is 6.04 Å². The predicted octanol–water partition coefficient (Wildman–Crippen LogP) is 2.12. The molecule has 0 aromatic carbocycles. The first-order chi connectivity index (χ1) is 6.31. The zero-order valence-corrected chi connectivity index (χ0v) is 10.2. The van der Waals surface area contributed by atoms with Crippen molar-refractivity contribution in [1.29, 1.82) is 0 Å². The molecule has 84 valence electrons. The molecule has 0 spiro atoms. The Morgan fingerprint density at radius 3 is 2.21 bits per heavy atom. The lowest BCUT2D eigenvalue weighted by Gasteiger charge is -2.26. The van der Waals surface area contributed by atoms with E-state index in [1.54, 1.807) is 0 Å². The molecule has 0 saturated carbocycles. The molecular weight excluding hydrogens is 174 g/mol. The van der Waals surface area contributed by atoms with Gasteiger partial charge in [0.15, 0.2) is 0 Å². The Morgan fingerprint density at radius 1 is 1.29 bits per heavy atom. The maximum absolute atomic E-state index is 9.67. The molecule has 3 atom stereocenters. The zero-order chi connectivity index (χ0) is 10.9. The molecular formula is C12H25NO. The monoisotopic (exact) mass is 199 g/mol. The van der Waals surface area contributed by atoms with Gasteiger partial charge in [0.1, 0.15) is 0 Å². The van der Waals surface area contributed by atoms with Gasteiger partial charge >= 0.3 is 0 Å². The van der Waals surface area contributed by atoms with Crippen LogP contribution in [-0.2, 0) is 0 Å². The molecule has 14 heavy (non-hydrogen) atoms. The smallest absolute Gasteiger partial charge is 0.0603 e.